The van der Waals surface area contributed by atoms with Gasteiger partial charge in [-0.15, -0.1) is 0 Å². The van der Waals surface area contributed by atoms with Crippen molar-refractivity contribution in [1.29, 1.82) is 0 Å². The molecule has 0 unspecified atom stereocenters. The Morgan fingerprint density at radius 3 is 3.00 bits per heavy atom. The molecule has 0 saturated carbocycles. The van der Waals surface area contributed by atoms with Crippen molar-refractivity contribution in [3.8, 4) is 0 Å². The van der Waals surface area contributed by atoms with Gasteiger partial charge in [0.15, 0.2) is 0 Å². The molecule has 0 fully saturated rings. The number of nitrogens with two attached hydrogens (primary N) is 1. The molecule has 4 heteroatoms. The highest BCUT2D eigenvalue weighted by molar-refractivity contribution is 6.00. The third kappa shape index (κ3) is 1.46. The lowest BCUT2D eigenvalue weighted by Gasteiger charge is -2.05. The molecular formula is C10H10N2O2. The third-order valence-electron chi connectivity index (χ3n) is 2.22. The summed E-state index contributed by atoms with van der Waals surface area (Å²) in [4.78, 5) is 21.9. The molecule has 1 aromatic rings. The van der Waals surface area contributed by atoms with Gasteiger partial charge in [-0.2, -0.15) is 0 Å². The Morgan fingerprint density at radius 1 is 1.50 bits per heavy atom. The molecule has 14 heavy (non-hydrogen) atoms. The molecule has 2 rings (SSSR count). The molecule has 1 aromatic carbocycles. The highest BCUT2D eigenvalue weighted by Gasteiger charge is 2.20. The molecule has 1 aliphatic heterocycles. The average molecular weight is 190 g/mol. The number of hydrogen-bond donors (Lipinski definition) is 2. The smallest absolute Gasteiger partial charge is 0.228 e. The molecule has 0 aliphatic carbocycles. The number of carbonyl (C=O) groups excluding carboxylic acids is 2. The first kappa shape index (κ1) is 8.74. The number of hydrogen-bond acceptors (Lipinski definition) is 2. The largest absolute Gasteiger partial charge is 0.369 e. The number of nitrogens with one attached hydrogen (secondary N) is 1. The van der Waals surface area contributed by atoms with Crippen LogP contribution in [0.25, 0.3) is 0 Å². The van der Waals surface area contributed by atoms with Gasteiger partial charge in [0.05, 0.1) is 12.8 Å². The Labute approximate surface area is 81.1 Å². The van der Waals surface area contributed by atoms with Crippen LogP contribution in [0.15, 0.2) is 18.2 Å². The Bertz CT molecular complexity index is 413. The van der Waals surface area contributed by atoms with E-state index >= 15 is 0 Å². The standard InChI is InChI=1S/C10H10N2O2/c11-8(13)4-6-2-1-3-7-5-9(14)12-10(6)7/h1-3H,4-5H2,(H2,11,13)(H,12,14). The number of fused-ring (bicyclic) bond motifs is 1. The molecule has 3 N–H and O–H groups in total. The van der Waals surface area contributed by atoms with E-state index in [0.717, 1.165) is 16.8 Å². The molecule has 0 atom stereocenters. The van der Waals surface area contributed by atoms with Gasteiger partial charge in [-0.05, 0) is 11.1 Å². The molecule has 0 bridgehead atoms. The van der Waals surface area contributed by atoms with Gasteiger partial charge in [0.25, 0.3) is 0 Å². The number of primary amides is 1. The molecule has 0 radical (unpaired) electrons. The number of carbonyl (C=O) groups is 2. The second kappa shape index (κ2) is 3.14. The fourth-order valence-electron chi connectivity index (χ4n) is 1.65. The number of para-hydroxylation sites is 1. The zero-order valence-electron chi connectivity index (χ0n) is 7.54. The van der Waals surface area contributed by atoms with E-state index in [2.05, 4.69) is 5.32 Å². The molecule has 0 spiro atoms. The molecule has 0 aromatic heterocycles. The zero-order chi connectivity index (χ0) is 10.1. The topological polar surface area (TPSA) is 72.2 Å². The number of benzene rings is 1. The lowest BCUT2D eigenvalue weighted by atomic mass is 10.1. The maximum absolute atomic E-state index is 11.1. The molecule has 72 valence electrons. The Morgan fingerprint density at radius 2 is 2.29 bits per heavy atom. The first-order valence-corrected chi connectivity index (χ1v) is 4.36. The third-order valence-corrected chi connectivity index (χ3v) is 2.22. The summed E-state index contributed by atoms with van der Waals surface area (Å²) in [5, 5.41) is 2.72. The van der Waals surface area contributed by atoms with Gasteiger partial charge in [0.2, 0.25) is 11.8 Å². The quantitative estimate of drug-likeness (QED) is 0.699. The van der Waals surface area contributed by atoms with Crippen LogP contribution in [-0.4, -0.2) is 11.8 Å². The van der Waals surface area contributed by atoms with Crippen molar-refractivity contribution in [2.75, 3.05) is 5.32 Å². The summed E-state index contributed by atoms with van der Waals surface area (Å²) in [6.45, 7) is 0. The summed E-state index contributed by atoms with van der Waals surface area (Å²) < 4.78 is 0. The average Bonchev–Trinajstić information content (AvgIpc) is 2.45. The van der Waals surface area contributed by atoms with Gasteiger partial charge >= 0.3 is 0 Å². The molecular weight excluding hydrogens is 180 g/mol. The minimum atomic E-state index is -0.389. The van der Waals surface area contributed by atoms with Gasteiger partial charge in [0.1, 0.15) is 0 Å². The zero-order valence-corrected chi connectivity index (χ0v) is 7.54. The monoisotopic (exact) mass is 190 g/mol. The van der Waals surface area contributed by atoms with Gasteiger partial charge in [-0.25, -0.2) is 0 Å². The van der Waals surface area contributed by atoms with E-state index < -0.39 is 0 Å². The van der Waals surface area contributed by atoms with Crippen LogP contribution in [0.2, 0.25) is 0 Å². The lowest BCUT2D eigenvalue weighted by molar-refractivity contribution is -0.117. The van der Waals surface area contributed by atoms with Crippen molar-refractivity contribution < 1.29 is 9.59 Å². The van der Waals surface area contributed by atoms with Crippen LogP contribution < -0.4 is 11.1 Å². The van der Waals surface area contributed by atoms with Crippen molar-refractivity contribution in [2.24, 2.45) is 5.73 Å². The number of amides is 2. The van der Waals surface area contributed by atoms with Gasteiger partial charge in [-0.3, -0.25) is 9.59 Å². The van der Waals surface area contributed by atoms with Crippen LogP contribution in [-0.2, 0) is 22.4 Å². The first-order chi connectivity index (χ1) is 6.66. The highest BCUT2D eigenvalue weighted by Crippen LogP contribution is 2.27. The first-order valence-electron chi connectivity index (χ1n) is 4.36. The summed E-state index contributed by atoms with van der Waals surface area (Å²) in [5.74, 6) is -0.420. The second-order valence-corrected chi connectivity index (χ2v) is 3.32. The van der Waals surface area contributed by atoms with E-state index in [1.54, 1.807) is 6.07 Å². The maximum atomic E-state index is 11.1. The van der Waals surface area contributed by atoms with Crippen molar-refractivity contribution in [3.63, 3.8) is 0 Å². The van der Waals surface area contributed by atoms with Crippen molar-refractivity contribution in [3.05, 3.63) is 29.3 Å². The maximum Gasteiger partial charge on any atom is 0.228 e. The molecule has 0 saturated heterocycles. The van der Waals surface area contributed by atoms with Crippen LogP contribution >= 0.6 is 0 Å². The Kier molecular flexibility index (Phi) is 1.96. The van der Waals surface area contributed by atoms with Crippen LogP contribution in [0.4, 0.5) is 5.69 Å². The van der Waals surface area contributed by atoms with Crippen LogP contribution in [0, 0.1) is 0 Å². The van der Waals surface area contributed by atoms with E-state index in [-0.39, 0.29) is 18.2 Å². The highest BCUT2D eigenvalue weighted by atomic mass is 16.2. The molecule has 4 nitrogen and oxygen atoms in total. The summed E-state index contributed by atoms with van der Waals surface area (Å²) in [5.41, 5.74) is 7.59. The Hall–Kier alpha value is -1.84. The lowest BCUT2D eigenvalue weighted by Crippen LogP contribution is -2.15. The van der Waals surface area contributed by atoms with Crippen LogP contribution in [0.1, 0.15) is 11.1 Å². The van der Waals surface area contributed by atoms with E-state index in [1.165, 1.54) is 0 Å². The molecule has 2 amide bonds. The SMILES string of the molecule is NC(=O)Cc1cccc2c1NC(=O)C2. The molecule has 1 heterocycles. The summed E-state index contributed by atoms with van der Waals surface area (Å²) >= 11 is 0. The fourth-order valence-corrected chi connectivity index (χ4v) is 1.65. The summed E-state index contributed by atoms with van der Waals surface area (Å²) in [6, 6.07) is 5.50. The van der Waals surface area contributed by atoms with Crippen molar-refractivity contribution in [2.45, 2.75) is 12.8 Å². The van der Waals surface area contributed by atoms with Crippen molar-refractivity contribution >= 4 is 17.5 Å². The van der Waals surface area contributed by atoms with E-state index in [1.807, 2.05) is 12.1 Å². The second-order valence-electron chi connectivity index (χ2n) is 3.32. The predicted octanol–water partition coefficient (Wildman–Crippen LogP) is 0.209. The van der Waals surface area contributed by atoms with E-state index in [0.29, 0.717) is 6.42 Å². The van der Waals surface area contributed by atoms with Gasteiger partial charge in [-0.1, -0.05) is 18.2 Å². The predicted molar refractivity (Wildman–Crippen MR) is 51.7 cm³/mol. The number of anilines is 1. The van der Waals surface area contributed by atoms with E-state index in [4.69, 9.17) is 5.73 Å². The van der Waals surface area contributed by atoms with Crippen molar-refractivity contribution in [1.82, 2.24) is 0 Å². The number of rotatable bonds is 2. The summed E-state index contributed by atoms with van der Waals surface area (Å²) in [7, 11) is 0. The minimum Gasteiger partial charge on any atom is -0.369 e. The fraction of sp³-hybridized carbons (Fsp3) is 0.200. The Balaban J connectivity index is 2.39. The summed E-state index contributed by atoms with van der Waals surface area (Å²) in [6.07, 6.45) is 0.561. The van der Waals surface area contributed by atoms with Crippen LogP contribution in [0.3, 0.4) is 0 Å². The normalized spacial score (nSPS) is 13.6. The minimum absolute atomic E-state index is 0.0306. The van der Waals surface area contributed by atoms with Gasteiger partial charge < -0.3 is 11.1 Å². The molecule has 1 aliphatic rings. The van der Waals surface area contributed by atoms with E-state index in [9.17, 15) is 9.59 Å². The van der Waals surface area contributed by atoms with Crippen LogP contribution in [0.5, 0.6) is 0 Å². The van der Waals surface area contributed by atoms with Gasteiger partial charge in [0, 0.05) is 5.69 Å².